The van der Waals surface area contributed by atoms with Gasteiger partial charge in [-0.2, -0.15) is 12.6 Å². The van der Waals surface area contributed by atoms with Gasteiger partial charge in [-0.15, -0.1) is 0 Å². The van der Waals surface area contributed by atoms with E-state index in [1.807, 2.05) is 0 Å². The Hall–Kier alpha value is -2.62. The highest BCUT2D eigenvalue weighted by atomic mass is 32.1. The van der Waals surface area contributed by atoms with Crippen molar-refractivity contribution >= 4 is 36.2 Å². The van der Waals surface area contributed by atoms with Gasteiger partial charge in [0.1, 0.15) is 6.61 Å². The van der Waals surface area contributed by atoms with E-state index < -0.39 is 16.9 Å². The predicted octanol–water partition coefficient (Wildman–Crippen LogP) is 1.66. The van der Waals surface area contributed by atoms with Gasteiger partial charge in [0.2, 0.25) is 11.8 Å². The van der Waals surface area contributed by atoms with Crippen LogP contribution in [-0.2, 0) is 20.9 Å². The number of benzene rings is 1. The highest BCUT2D eigenvalue weighted by molar-refractivity contribution is 7.81. The lowest BCUT2D eigenvalue weighted by atomic mass is 9.97. The minimum atomic E-state index is -0.528. The third-order valence-corrected chi connectivity index (χ3v) is 5.13. The van der Waals surface area contributed by atoms with Crippen LogP contribution in [0, 0.1) is 16.0 Å². The van der Waals surface area contributed by atoms with Gasteiger partial charge >= 0.3 is 6.09 Å². The number of hydrogen-bond donors (Lipinski definition) is 2. The van der Waals surface area contributed by atoms with E-state index in [0.29, 0.717) is 24.9 Å². The SMILES string of the molecule is O=C1CC(C[C@@H]2C[C@H](S)CN2C(=O)OCc2ccc([N+](=O)[O-])cc2)C(=O)N1. The molecule has 27 heavy (non-hydrogen) atoms. The number of nitrogens with one attached hydrogen (secondary N) is 1. The van der Waals surface area contributed by atoms with Crippen molar-refractivity contribution in [3.63, 3.8) is 0 Å². The maximum absolute atomic E-state index is 12.5. The highest BCUT2D eigenvalue weighted by Crippen LogP contribution is 2.30. The first-order valence-electron chi connectivity index (χ1n) is 8.52. The van der Waals surface area contributed by atoms with Crippen LogP contribution in [0.5, 0.6) is 0 Å². The summed E-state index contributed by atoms with van der Waals surface area (Å²) in [7, 11) is 0. The van der Waals surface area contributed by atoms with Crippen LogP contribution in [0.1, 0.15) is 24.8 Å². The average Bonchev–Trinajstić information content (AvgIpc) is 3.14. The summed E-state index contributed by atoms with van der Waals surface area (Å²) in [5.41, 5.74) is 0.597. The zero-order valence-electron chi connectivity index (χ0n) is 14.4. The first-order valence-corrected chi connectivity index (χ1v) is 9.03. The molecule has 1 unspecified atom stereocenters. The van der Waals surface area contributed by atoms with Crippen LogP contribution in [0.2, 0.25) is 0 Å². The van der Waals surface area contributed by atoms with E-state index in [4.69, 9.17) is 4.74 Å². The standard InChI is InChI=1S/C17H19N3O6S/c21-15-6-11(16(22)18-15)5-13-7-14(27)8-19(13)17(23)26-9-10-1-3-12(4-2-10)20(24)25/h1-4,11,13-14,27H,5-9H2,(H,18,21,22)/t11?,13-,14+/m1/s1. The summed E-state index contributed by atoms with van der Waals surface area (Å²) in [6.45, 7) is 0.384. The van der Waals surface area contributed by atoms with Gasteiger partial charge in [-0.3, -0.25) is 25.0 Å². The molecule has 3 atom stereocenters. The summed E-state index contributed by atoms with van der Waals surface area (Å²) in [6.07, 6.45) is 0.618. The van der Waals surface area contributed by atoms with Gasteiger partial charge in [0.15, 0.2) is 0 Å². The number of ether oxygens (including phenoxy) is 1. The number of amides is 3. The molecule has 9 nitrogen and oxygen atoms in total. The number of hydrogen-bond acceptors (Lipinski definition) is 7. The van der Waals surface area contributed by atoms with Gasteiger partial charge < -0.3 is 9.64 Å². The molecule has 3 rings (SSSR count). The molecule has 144 valence electrons. The minimum absolute atomic E-state index is 0.0142. The Kier molecular flexibility index (Phi) is 5.64. The van der Waals surface area contributed by atoms with Crippen molar-refractivity contribution in [1.29, 1.82) is 0 Å². The average molecular weight is 393 g/mol. The quantitative estimate of drug-likeness (QED) is 0.340. The largest absolute Gasteiger partial charge is 0.445 e. The molecule has 2 heterocycles. The molecule has 3 amide bonds. The van der Waals surface area contributed by atoms with Gasteiger partial charge in [0, 0.05) is 42.3 Å². The lowest BCUT2D eigenvalue weighted by Gasteiger charge is -2.25. The second kappa shape index (κ2) is 7.95. The molecule has 2 aliphatic rings. The maximum atomic E-state index is 12.5. The third-order valence-electron chi connectivity index (χ3n) is 4.76. The Balaban J connectivity index is 1.57. The Labute approximate surface area is 160 Å². The summed E-state index contributed by atoms with van der Waals surface area (Å²) >= 11 is 4.43. The Morgan fingerprint density at radius 1 is 1.33 bits per heavy atom. The summed E-state index contributed by atoms with van der Waals surface area (Å²) in [5, 5.41) is 12.9. The van der Waals surface area contributed by atoms with E-state index in [0.717, 1.165) is 0 Å². The van der Waals surface area contributed by atoms with Crippen LogP contribution in [0.15, 0.2) is 24.3 Å². The summed E-state index contributed by atoms with van der Waals surface area (Å²) in [6, 6.07) is 5.53. The van der Waals surface area contributed by atoms with E-state index in [9.17, 15) is 24.5 Å². The molecule has 2 saturated heterocycles. The molecule has 2 aliphatic heterocycles. The van der Waals surface area contributed by atoms with Crippen molar-refractivity contribution in [1.82, 2.24) is 10.2 Å². The van der Waals surface area contributed by atoms with E-state index in [1.54, 1.807) is 4.90 Å². The van der Waals surface area contributed by atoms with Gasteiger partial charge in [0.05, 0.1) is 4.92 Å². The van der Waals surface area contributed by atoms with Crippen LogP contribution in [0.3, 0.4) is 0 Å². The lowest BCUT2D eigenvalue weighted by Crippen LogP contribution is -2.38. The second-order valence-corrected chi connectivity index (χ2v) is 7.45. The van der Waals surface area contributed by atoms with Gasteiger partial charge in [0.25, 0.3) is 5.69 Å². The monoisotopic (exact) mass is 393 g/mol. The topological polar surface area (TPSA) is 119 Å². The number of thiol groups is 1. The van der Waals surface area contributed by atoms with Gasteiger partial charge in [-0.25, -0.2) is 4.79 Å². The maximum Gasteiger partial charge on any atom is 0.410 e. The minimum Gasteiger partial charge on any atom is -0.445 e. The fourth-order valence-corrected chi connectivity index (χ4v) is 3.83. The van der Waals surface area contributed by atoms with E-state index >= 15 is 0 Å². The second-order valence-electron chi connectivity index (χ2n) is 6.72. The van der Waals surface area contributed by atoms with Crippen molar-refractivity contribution in [3.05, 3.63) is 39.9 Å². The molecule has 0 aliphatic carbocycles. The van der Waals surface area contributed by atoms with Crippen LogP contribution >= 0.6 is 12.6 Å². The zero-order chi connectivity index (χ0) is 19.6. The van der Waals surface area contributed by atoms with Crippen LogP contribution < -0.4 is 5.32 Å². The number of non-ortho nitro benzene ring substituents is 1. The summed E-state index contributed by atoms with van der Waals surface area (Å²) in [5.74, 6) is -1.04. The number of imide groups is 1. The Bertz CT molecular complexity index is 768. The zero-order valence-corrected chi connectivity index (χ0v) is 15.3. The fourth-order valence-electron chi connectivity index (χ4n) is 3.41. The van der Waals surface area contributed by atoms with Gasteiger partial charge in [-0.05, 0) is 30.5 Å². The smallest absolute Gasteiger partial charge is 0.410 e. The van der Waals surface area contributed by atoms with Crippen molar-refractivity contribution < 1.29 is 24.0 Å². The van der Waals surface area contributed by atoms with Crippen LogP contribution in [-0.4, -0.2) is 45.6 Å². The van der Waals surface area contributed by atoms with Crippen molar-refractivity contribution in [2.45, 2.75) is 37.2 Å². The summed E-state index contributed by atoms with van der Waals surface area (Å²) < 4.78 is 5.32. The molecule has 0 saturated carbocycles. The fraction of sp³-hybridized carbons (Fsp3) is 0.471. The molecule has 1 aromatic rings. The number of nitro benzene ring substituents is 1. The molecule has 0 aromatic heterocycles. The predicted molar refractivity (Wildman–Crippen MR) is 97.0 cm³/mol. The van der Waals surface area contributed by atoms with Crippen molar-refractivity contribution in [2.75, 3.05) is 6.54 Å². The number of rotatable bonds is 5. The Morgan fingerprint density at radius 2 is 2.04 bits per heavy atom. The lowest BCUT2D eigenvalue weighted by molar-refractivity contribution is -0.384. The molecule has 1 aromatic carbocycles. The number of carbonyl (C=O) groups excluding carboxylic acids is 3. The molecular weight excluding hydrogens is 374 g/mol. The number of likely N-dealkylation sites (tertiary alicyclic amines) is 1. The molecule has 0 bridgehead atoms. The third kappa shape index (κ3) is 4.57. The molecule has 10 heteroatoms. The van der Waals surface area contributed by atoms with E-state index in [2.05, 4.69) is 17.9 Å². The first kappa shape index (κ1) is 19.2. The van der Waals surface area contributed by atoms with Crippen molar-refractivity contribution in [3.8, 4) is 0 Å². The van der Waals surface area contributed by atoms with E-state index in [-0.39, 0.29) is 41.8 Å². The van der Waals surface area contributed by atoms with Gasteiger partial charge in [-0.1, -0.05) is 0 Å². The van der Waals surface area contributed by atoms with Crippen LogP contribution in [0.25, 0.3) is 0 Å². The molecule has 0 spiro atoms. The first-order chi connectivity index (χ1) is 12.8. The summed E-state index contributed by atoms with van der Waals surface area (Å²) in [4.78, 5) is 47.3. The van der Waals surface area contributed by atoms with Crippen molar-refractivity contribution in [2.24, 2.45) is 5.92 Å². The molecular formula is C17H19N3O6S. The molecule has 2 fully saturated rings. The molecule has 0 radical (unpaired) electrons. The van der Waals surface area contributed by atoms with E-state index in [1.165, 1.54) is 24.3 Å². The number of nitro groups is 1. The molecule has 1 N–H and O–H groups in total. The highest BCUT2D eigenvalue weighted by Gasteiger charge is 2.40. The Morgan fingerprint density at radius 3 is 2.63 bits per heavy atom. The normalized spacial score (nSPS) is 24.8. The number of carbonyl (C=O) groups is 3. The number of nitrogens with zero attached hydrogens (tertiary/aromatic N) is 2. The van der Waals surface area contributed by atoms with Crippen LogP contribution in [0.4, 0.5) is 10.5 Å².